The number of quaternary nitrogens is 1. The third kappa shape index (κ3) is 4.95. The molecule has 15 heavy (non-hydrogen) atoms. The summed E-state index contributed by atoms with van der Waals surface area (Å²) in [5.74, 6) is 0. The number of halogens is 1. The van der Waals surface area contributed by atoms with Crippen LogP contribution in [0.3, 0.4) is 0 Å². The van der Waals surface area contributed by atoms with Crippen molar-refractivity contribution in [1.82, 2.24) is 0 Å². The van der Waals surface area contributed by atoms with E-state index in [1.54, 1.807) is 0 Å². The van der Waals surface area contributed by atoms with Crippen LogP contribution >= 0.6 is 22.6 Å². The third-order valence-corrected chi connectivity index (χ3v) is 3.27. The summed E-state index contributed by atoms with van der Waals surface area (Å²) in [5.41, 5.74) is 1.38. The van der Waals surface area contributed by atoms with Gasteiger partial charge in [-0.3, -0.25) is 0 Å². The normalized spacial score (nSPS) is 11.7. The molecule has 0 aromatic heterocycles. The Morgan fingerprint density at radius 1 is 1.27 bits per heavy atom. The van der Waals surface area contributed by atoms with Crippen molar-refractivity contribution < 1.29 is 9.59 Å². The molecule has 0 aliphatic rings. The second-order valence-corrected chi connectivity index (χ2v) is 5.73. The largest absolute Gasteiger partial charge is 0.391 e. The average molecular weight is 320 g/mol. The highest BCUT2D eigenvalue weighted by molar-refractivity contribution is 14.1. The van der Waals surface area contributed by atoms with E-state index in [1.165, 1.54) is 9.13 Å². The fourth-order valence-corrected chi connectivity index (χ4v) is 2.11. The molecule has 0 bridgehead atoms. The van der Waals surface area contributed by atoms with Gasteiger partial charge in [0.2, 0.25) is 0 Å². The Hall–Kier alpha value is -0.130. The summed E-state index contributed by atoms with van der Waals surface area (Å²) in [6.45, 7) is 2.16. The molecule has 2 nitrogen and oxygen atoms in total. The molecule has 1 N–H and O–H groups in total. The molecule has 0 radical (unpaired) electrons. The first-order valence-corrected chi connectivity index (χ1v) is 6.29. The van der Waals surface area contributed by atoms with Crippen LogP contribution in [0, 0.1) is 3.57 Å². The second kappa shape index (κ2) is 5.82. The molecular weight excluding hydrogens is 301 g/mol. The van der Waals surface area contributed by atoms with Crippen LogP contribution in [0.2, 0.25) is 0 Å². The molecule has 0 atom stereocenters. The number of hydrogen-bond donors (Lipinski definition) is 1. The Morgan fingerprint density at radius 3 is 2.60 bits per heavy atom. The summed E-state index contributed by atoms with van der Waals surface area (Å²) in [7, 11) is 4.31. The maximum atomic E-state index is 8.93. The van der Waals surface area contributed by atoms with Crippen molar-refractivity contribution in [1.29, 1.82) is 0 Å². The predicted molar refractivity (Wildman–Crippen MR) is 71.8 cm³/mol. The predicted octanol–water partition coefficient (Wildman–Crippen LogP) is 1.90. The van der Waals surface area contributed by atoms with Gasteiger partial charge in [0.05, 0.1) is 27.2 Å². The third-order valence-electron chi connectivity index (χ3n) is 2.60. The molecule has 0 saturated carbocycles. The van der Waals surface area contributed by atoms with Gasteiger partial charge in [-0.25, -0.2) is 0 Å². The molecule has 0 spiro atoms. The van der Waals surface area contributed by atoms with Crippen molar-refractivity contribution in [2.45, 2.75) is 6.42 Å². The van der Waals surface area contributed by atoms with Crippen LogP contribution in [0.4, 0.5) is 0 Å². The van der Waals surface area contributed by atoms with E-state index >= 15 is 0 Å². The molecule has 3 heteroatoms. The lowest BCUT2D eigenvalue weighted by molar-refractivity contribution is -0.890. The number of aliphatic hydroxyl groups is 1. The van der Waals surface area contributed by atoms with Gasteiger partial charge in [0, 0.05) is 9.99 Å². The first-order valence-electron chi connectivity index (χ1n) is 5.21. The van der Waals surface area contributed by atoms with E-state index in [4.69, 9.17) is 5.11 Å². The molecule has 1 aromatic carbocycles. The number of rotatable bonds is 5. The zero-order valence-corrected chi connectivity index (χ0v) is 11.6. The number of hydrogen-bond acceptors (Lipinski definition) is 1. The standard InChI is InChI=1S/C12H19INO/c1-14(2,8-9-15)7-6-11-4-3-5-12(13)10-11/h3-5,10,15H,6-9H2,1-2H3/q+1. The highest BCUT2D eigenvalue weighted by Gasteiger charge is 2.13. The van der Waals surface area contributed by atoms with Crippen LogP contribution in [-0.2, 0) is 6.42 Å². The fraction of sp³-hybridized carbons (Fsp3) is 0.500. The van der Waals surface area contributed by atoms with Crippen molar-refractivity contribution in [2.24, 2.45) is 0 Å². The Bertz CT molecular complexity index is 312. The zero-order chi connectivity index (χ0) is 11.3. The maximum absolute atomic E-state index is 8.93. The molecule has 1 aromatic rings. The van der Waals surface area contributed by atoms with E-state index in [2.05, 4.69) is 61.0 Å². The van der Waals surface area contributed by atoms with E-state index in [9.17, 15) is 0 Å². The first kappa shape index (κ1) is 12.9. The van der Waals surface area contributed by atoms with Gasteiger partial charge in [0.25, 0.3) is 0 Å². The van der Waals surface area contributed by atoms with Gasteiger partial charge < -0.3 is 9.59 Å². The van der Waals surface area contributed by atoms with Gasteiger partial charge in [0.15, 0.2) is 0 Å². The molecule has 0 aliphatic carbocycles. The quantitative estimate of drug-likeness (QED) is 0.649. The fourth-order valence-electron chi connectivity index (χ4n) is 1.51. The van der Waals surface area contributed by atoms with Gasteiger partial charge in [-0.05, 0) is 40.3 Å². The summed E-state index contributed by atoms with van der Waals surface area (Å²) in [5, 5.41) is 8.93. The van der Waals surface area contributed by atoms with Crippen molar-refractivity contribution in [3.8, 4) is 0 Å². The summed E-state index contributed by atoms with van der Waals surface area (Å²) < 4.78 is 2.17. The minimum absolute atomic E-state index is 0.263. The molecule has 0 unspecified atom stereocenters. The van der Waals surface area contributed by atoms with Crippen molar-refractivity contribution >= 4 is 22.6 Å². The van der Waals surface area contributed by atoms with Crippen LogP contribution in [0.5, 0.6) is 0 Å². The topological polar surface area (TPSA) is 20.2 Å². The maximum Gasteiger partial charge on any atom is 0.102 e. The van der Waals surface area contributed by atoms with E-state index in [0.29, 0.717) is 0 Å². The summed E-state index contributed by atoms with van der Waals surface area (Å²) in [6.07, 6.45) is 1.07. The van der Waals surface area contributed by atoms with Crippen LogP contribution in [0.1, 0.15) is 5.56 Å². The molecule has 0 fully saturated rings. The summed E-state index contributed by atoms with van der Waals surface area (Å²) >= 11 is 2.34. The molecular formula is C12H19INO+. The SMILES string of the molecule is C[N+](C)(CCO)CCc1cccc(I)c1. The molecule has 0 amide bonds. The Labute approximate surface area is 106 Å². The lowest BCUT2D eigenvalue weighted by Crippen LogP contribution is -2.43. The highest BCUT2D eigenvalue weighted by Crippen LogP contribution is 2.10. The Balaban J connectivity index is 2.49. The van der Waals surface area contributed by atoms with E-state index in [0.717, 1.165) is 24.0 Å². The van der Waals surface area contributed by atoms with Crippen LogP contribution in [0.25, 0.3) is 0 Å². The number of nitrogens with zero attached hydrogens (tertiary/aromatic N) is 1. The molecule has 0 saturated heterocycles. The van der Waals surface area contributed by atoms with E-state index in [-0.39, 0.29) is 6.61 Å². The lowest BCUT2D eigenvalue weighted by Gasteiger charge is -2.28. The summed E-state index contributed by atoms with van der Waals surface area (Å²) in [4.78, 5) is 0. The van der Waals surface area contributed by atoms with Gasteiger partial charge in [-0.2, -0.15) is 0 Å². The molecule has 84 valence electrons. The average Bonchev–Trinajstić information content (AvgIpc) is 2.15. The van der Waals surface area contributed by atoms with Crippen LogP contribution in [-0.4, -0.2) is 43.4 Å². The van der Waals surface area contributed by atoms with Crippen molar-refractivity contribution in [2.75, 3.05) is 33.8 Å². The van der Waals surface area contributed by atoms with Crippen molar-refractivity contribution in [3.63, 3.8) is 0 Å². The molecule has 0 aliphatic heterocycles. The smallest absolute Gasteiger partial charge is 0.102 e. The highest BCUT2D eigenvalue weighted by atomic mass is 127. The number of benzene rings is 1. The van der Waals surface area contributed by atoms with Gasteiger partial charge in [0.1, 0.15) is 6.54 Å². The molecule has 1 rings (SSSR count). The monoisotopic (exact) mass is 320 g/mol. The minimum Gasteiger partial charge on any atom is -0.391 e. The second-order valence-electron chi connectivity index (χ2n) is 4.49. The van der Waals surface area contributed by atoms with Crippen LogP contribution in [0.15, 0.2) is 24.3 Å². The van der Waals surface area contributed by atoms with Crippen molar-refractivity contribution in [3.05, 3.63) is 33.4 Å². The van der Waals surface area contributed by atoms with Gasteiger partial charge >= 0.3 is 0 Å². The Kier molecular flexibility index (Phi) is 5.02. The lowest BCUT2D eigenvalue weighted by atomic mass is 10.1. The minimum atomic E-state index is 0.263. The van der Waals surface area contributed by atoms with E-state index in [1.807, 2.05) is 0 Å². The Morgan fingerprint density at radius 2 is 2.00 bits per heavy atom. The van der Waals surface area contributed by atoms with Gasteiger partial charge in [-0.15, -0.1) is 0 Å². The summed E-state index contributed by atoms with van der Waals surface area (Å²) in [6, 6.07) is 8.60. The number of aliphatic hydroxyl groups excluding tert-OH is 1. The zero-order valence-electron chi connectivity index (χ0n) is 9.41. The van der Waals surface area contributed by atoms with Gasteiger partial charge in [-0.1, -0.05) is 12.1 Å². The molecule has 0 heterocycles. The van der Waals surface area contributed by atoms with E-state index < -0.39 is 0 Å². The van der Waals surface area contributed by atoms with Crippen LogP contribution < -0.4 is 0 Å². The number of likely N-dealkylation sites (N-methyl/N-ethyl adjacent to an activating group) is 1. The first-order chi connectivity index (χ1) is 7.03.